The second-order valence-electron chi connectivity index (χ2n) is 3.40. The van der Waals surface area contributed by atoms with Crippen molar-refractivity contribution in [2.75, 3.05) is 31.1 Å². The third-order valence-electron chi connectivity index (χ3n) is 2.48. The van der Waals surface area contributed by atoms with Crippen molar-refractivity contribution in [1.82, 2.24) is 0 Å². The number of aromatic amines is 1. The Morgan fingerprint density at radius 1 is 1.43 bits per heavy atom. The van der Waals surface area contributed by atoms with E-state index in [2.05, 4.69) is 21.3 Å². The highest BCUT2D eigenvalue weighted by atomic mass is 15.2. The van der Waals surface area contributed by atoms with Crippen LogP contribution in [0.3, 0.4) is 0 Å². The molecule has 14 heavy (non-hydrogen) atoms. The first-order valence-electron chi connectivity index (χ1n) is 4.89. The third-order valence-corrected chi connectivity index (χ3v) is 2.48. The normalized spacial score (nSPS) is 16.4. The van der Waals surface area contributed by atoms with Crippen LogP contribution in [0.15, 0.2) is 18.3 Å². The van der Waals surface area contributed by atoms with Crippen molar-refractivity contribution in [1.29, 1.82) is 5.26 Å². The second kappa shape index (κ2) is 4.07. The molecule has 2 heterocycles. The minimum absolute atomic E-state index is 0.731. The van der Waals surface area contributed by atoms with Crippen LogP contribution in [0.1, 0.15) is 5.56 Å². The second-order valence-corrected chi connectivity index (χ2v) is 3.40. The van der Waals surface area contributed by atoms with Crippen LogP contribution in [0.2, 0.25) is 0 Å². The topological polar surface area (TPSA) is 57.8 Å². The summed E-state index contributed by atoms with van der Waals surface area (Å²) in [5.74, 6) is 0.961. The molecule has 0 aliphatic carbocycles. The van der Waals surface area contributed by atoms with Crippen LogP contribution in [-0.2, 0) is 0 Å². The minimum Gasteiger partial charge on any atom is -0.340 e. The molecule has 0 aromatic carbocycles. The summed E-state index contributed by atoms with van der Waals surface area (Å²) in [4.78, 5) is 5.38. The number of nitriles is 1. The van der Waals surface area contributed by atoms with E-state index >= 15 is 0 Å². The fraction of sp³-hybridized carbons (Fsp3) is 0.400. The molecule has 4 nitrogen and oxygen atoms in total. The summed E-state index contributed by atoms with van der Waals surface area (Å²) < 4.78 is 0. The highest BCUT2D eigenvalue weighted by molar-refractivity contribution is 5.49. The smallest absolute Gasteiger partial charge is 0.292 e. The lowest BCUT2D eigenvalue weighted by atomic mass is 10.2. The summed E-state index contributed by atoms with van der Waals surface area (Å²) in [6.45, 7) is 4.23. The number of nitrogens with two attached hydrogens (primary N) is 1. The fourth-order valence-electron chi connectivity index (χ4n) is 1.75. The highest BCUT2D eigenvalue weighted by Gasteiger charge is 2.23. The molecule has 0 saturated carbocycles. The molecular weight excluding hydrogens is 176 g/mol. The number of H-pyrrole nitrogens is 1. The van der Waals surface area contributed by atoms with Crippen molar-refractivity contribution >= 4 is 5.82 Å². The predicted molar refractivity (Wildman–Crippen MR) is 51.6 cm³/mol. The van der Waals surface area contributed by atoms with Crippen LogP contribution >= 0.6 is 0 Å². The average molecular weight is 190 g/mol. The van der Waals surface area contributed by atoms with Gasteiger partial charge in [-0.3, -0.25) is 0 Å². The first kappa shape index (κ1) is 8.97. The van der Waals surface area contributed by atoms with Gasteiger partial charge in [-0.1, -0.05) is 0 Å². The SMILES string of the molecule is N#Cc1ccc[nH+]c1N1CC[NH2+]CC1. The van der Waals surface area contributed by atoms with E-state index < -0.39 is 0 Å². The molecule has 1 fully saturated rings. The monoisotopic (exact) mass is 190 g/mol. The van der Waals surface area contributed by atoms with Gasteiger partial charge in [-0.15, -0.1) is 0 Å². The van der Waals surface area contributed by atoms with Gasteiger partial charge in [-0.25, -0.2) is 9.88 Å². The summed E-state index contributed by atoms with van der Waals surface area (Å²) in [6.07, 6.45) is 1.87. The Hall–Kier alpha value is -1.60. The molecule has 1 aliphatic heterocycles. The summed E-state index contributed by atoms with van der Waals surface area (Å²) in [6, 6.07) is 5.92. The number of quaternary nitrogens is 1. The van der Waals surface area contributed by atoms with Gasteiger partial charge in [0, 0.05) is 0 Å². The van der Waals surface area contributed by atoms with E-state index in [-0.39, 0.29) is 0 Å². The average Bonchev–Trinajstić information content (AvgIpc) is 2.30. The third kappa shape index (κ3) is 1.68. The molecule has 0 radical (unpaired) electrons. The number of piperazine rings is 1. The Morgan fingerprint density at radius 3 is 2.93 bits per heavy atom. The van der Waals surface area contributed by atoms with Gasteiger partial charge < -0.3 is 5.32 Å². The first-order chi connectivity index (χ1) is 6.92. The van der Waals surface area contributed by atoms with Gasteiger partial charge in [0.05, 0.1) is 6.20 Å². The van der Waals surface area contributed by atoms with E-state index in [1.807, 2.05) is 18.3 Å². The van der Waals surface area contributed by atoms with E-state index in [9.17, 15) is 0 Å². The highest BCUT2D eigenvalue weighted by Crippen LogP contribution is 2.11. The zero-order valence-electron chi connectivity index (χ0n) is 8.03. The van der Waals surface area contributed by atoms with E-state index in [1.165, 1.54) is 0 Å². The van der Waals surface area contributed by atoms with Gasteiger partial charge >= 0.3 is 0 Å². The Balaban J connectivity index is 2.26. The van der Waals surface area contributed by atoms with E-state index in [4.69, 9.17) is 5.26 Å². The van der Waals surface area contributed by atoms with Crippen molar-refractivity contribution in [2.45, 2.75) is 0 Å². The molecule has 72 valence electrons. The van der Waals surface area contributed by atoms with Gasteiger partial charge in [-0.05, 0) is 12.1 Å². The van der Waals surface area contributed by atoms with Crippen molar-refractivity contribution in [2.24, 2.45) is 0 Å². The van der Waals surface area contributed by atoms with Gasteiger partial charge in [0.15, 0.2) is 0 Å². The summed E-state index contributed by atoms with van der Waals surface area (Å²) in [5.41, 5.74) is 0.731. The van der Waals surface area contributed by atoms with Gasteiger partial charge in [0.2, 0.25) is 0 Å². The summed E-state index contributed by atoms with van der Waals surface area (Å²) >= 11 is 0. The maximum atomic E-state index is 8.94. The van der Waals surface area contributed by atoms with Crippen molar-refractivity contribution in [3.8, 4) is 6.07 Å². The number of anilines is 1. The van der Waals surface area contributed by atoms with Crippen LogP contribution < -0.4 is 15.2 Å². The first-order valence-corrected chi connectivity index (χ1v) is 4.89. The molecule has 1 aliphatic rings. The molecule has 0 bridgehead atoms. The number of pyridine rings is 1. The van der Waals surface area contributed by atoms with Crippen molar-refractivity contribution in [3.05, 3.63) is 23.9 Å². The van der Waals surface area contributed by atoms with Gasteiger partial charge in [0.25, 0.3) is 5.82 Å². The molecule has 1 aromatic rings. The van der Waals surface area contributed by atoms with Crippen LogP contribution in [0.4, 0.5) is 5.82 Å². The van der Waals surface area contributed by atoms with Crippen LogP contribution in [0.5, 0.6) is 0 Å². The van der Waals surface area contributed by atoms with Crippen molar-refractivity contribution in [3.63, 3.8) is 0 Å². The van der Waals surface area contributed by atoms with Crippen molar-refractivity contribution < 1.29 is 10.3 Å². The molecule has 2 rings (SSSR count). The minimum atomic E-state index is 0.731. The molecule has 0 amide bonds. The fourth-order valence-corrected chi connectivity index (χ4v) is 1.75. The number of nitrogens with zero attached hydrogens (tertiary/aromatic N) is 2. The van der Waals surface area contributed by atoms with Crippen LogP contribution in [0.25, 0.3) is 0 Å². The molecule has 3 N–H and O–H groups in total. The van der Waals surface area contributed by atoms with E-state index in [1.54, 1.807) is 0 Å². The molecule has 0 spiro atoms. The Labute approximate surface area is 83.2 Å². The molecular formula is C10H14N4+2. The maximum absolute atomic E-state index is 8.94. The largest absolute Gasteiger partial charge is 0.340 e. The summed E-state index contributed by atoms with van der Waals surface area (Å²) in [5, 5.41) is 11.2. The van der Waals surface area contributed by atoms with E-state index in [0.717, 1.165) is 37.6 Å². The quantitative estimate of drug-likeness (QED) is 0.602. The van der Waals surface area contributed by atoms with Crippen LogP contribution in [-0.4, -0.2) is 26.2 Å². The standard InChI is InChI=1S/C10H12N4/c11-8-9-2-1-3-13-10(9)14-6-4-12-5-7-14/h1-3,12H,4-7H2/p+2. The number of hydrogen-bond acceptors (Lipinski definition) is 2. The number of rotatable bonds is 1. The lowest BCUT2D eigenvalue weighted by molar-refractivity contribution is -0.656. The zero-order chi connectivity index (χ0) is 9.80. The lowest BCUT2D eigenvalue weighted by Gasteiger charge is -2.19. The van der Waals surface area contributed by atoms with E-state index in [0.29, 0.717) is 0 Å². The Morgan fingerprint density at radius 2 is 2.21 bits per heavy atom. The number of nitrogens with one attached hydrogen (secondary N) is 1. The molecule has 1 saturated heterocycles. The molecule has 4 heteroatoms. The van der Waals surface area contributed by atoms with Gasteiger partial charge in [-0.2, -0.15) is 5.26 Å². The Kier molecular flexibility index (Phi) is 2.61. The maximum Gasteiger partial charge on any atom is 0.292 e. The molecule has 1 aromatic heterocycles. The predicted octanol–water partition coefficient (Wildman–Crippen LogP) is -1.24. The zero-order valence-corrected chi connectivity index (χ0v) is 8.03. The number of hydrogen-bond donors (Lipinski definition) is 1. The molecule has 0 unspecified atom stereocenters. The van der Waals surface area contributed by atoms with Crippen LogP contribution in [0, 0.1) is 11.3 Å². The lowest BCUT2D eigenvalue weighted by Crippen LogP contribution is -2.90. The van der Waals surface area contributed by atoms with Gasteiger partial charge in [0.1, 0.15) is 37.8 Å². The summed E-state index contributed by atoms with van der Waals surface area (Å²) in [7, 11) is 0. The number of aromatic nitrogens is 1. The Bertz CT molecular complexity index is 349. The molecule has 0 atom stereocenters.